The topological polar surface area (TPSA) is 12.0 Å². The number of hydrogen-bond acceptors (Lipinski definition) is 1. The van der Waals surface area contributed by atoms with Crippen LogP contribution in [0.4, 0.5) is 0 Å². The first-order chi connectivity index (χ1) is 9.81. The SMILES string of the molecule is Cc1ccc(C2CC(NCCc3ccccc3)C2)cc1. The average Bonchev–Trinajstić information content (AvgIpc) is 2.44. The third kappa shape index (κ3) is 3.29. The van der Waals surface area contributed by atoms with E-state index in [2.05, 4.69) is 66.8 Å². The van der Waals surface area contributed by atoms with E-state index < -0.39 is 0 Å². The molecule has 0 radical (unpaired) electrons. The lowest BCUT2D eigenvalue weighted by molar-refractivity contribution is 0.293. The zero-order valence-corrected chi connectivity index (χ0v) is 12.2. The van der Waals surface area contributed by atoms with Gasteiger partial charge in [0.2, 0.25) is 0 Å². The Morgan fingerprint density at radius 3 is 2.35 bits per heavy atom. The van der Waals surface area contributed by atoms with Crippen LogP contribution in [0.1, 0.15) is 35.4 Å². The summed E-state index contributed by atoms with van der Waals surface area (Å²) >= 11 is 0. The normalized spacial score (nSPS) is 21.4. The minimum absolute atomic E-state index is 0.713. The fourth-order valence-electron chi connectivity index (χ4n) is 2.96. The fourth-order valence-corrected chi connectivity index (χ4v) is 2.96. The number of aryl methyl sites for hydroxylation is 1. The Balaban J connectivity index is 1.39. The van der Waals surface area contributed by atoms with Gasteiger partial charge in [0.1, 0.15) is 0 Å². The molecule has 1 N–H and O–H groups in total. The lowest BCUT2D eigenvalue weighted by Gasteiger charge is -2.36. The summed E-state index contributed by atoms with van der Waals surface area (Å²) in [5, 5.41) is 3.68. The summed E-state index contributed by atoms with van der Waals surface area (Å²) in [6.07, 6.45) is 3.71. The first kappa shape index (κ1) is 13.4. The molecular formula is C19H23N. The van der Waals surface area contributed by atoms with E-state index in [0.29, 0.717) is 6.04 Å². The summed E-state index contributed by atoms with van der Waals surface area (Å²) in [4.78, 5) is 0. The van der Waals surface area contributed by atoms with Crippen molar-refractivity contribution in [1.82, 2.24) is 5.32 Å². The first-order valence-electron chi connectivity index (χ1n) is 7.65. The van der Waals surface area contributed by atoms with Gasteiger partial charge in [-0.15, -0.1) is 0 Å². The second-order valence-corrected chi connectivity index (χ2v) is 5.97. The Bertz CT molecular complexity index is 523. The van der Waals surface area contributed by atoms with Gasteiger partial charge in [-0.2, -0.15) is 0 Å². The lowest BCUT2D eigenvalue weighted by Crippen LogP contribution is -2.40. The minimum atomic E-state index is 0.713. The molecule has 1 nitrogen and oxygen atoms in total. The summed E-state index contributed by atoms with van der Waals surface area (Å²) < 4.78 is 0. The van der Waals surface area contributed by atoms with Gasteiger partial charge in [-0.1, -0.05) is 60.2 Å². The molecule has 0 spiro atoms. The quantitative estimate of drug-likeness (QED) is 0.859. The molecule has 0 aromatic heterocycles. The standard InChI is InChI=1S/C19H23N/c1-15-7-9-17(10-8-15)18-13-19(14-18)20-12-11-16-5-3-2-4-6-16/h2-10,18-20H,11-14H2,1H3. The number of benzene rings is 2. The van der Waals surface area contributed by atoms with Crippen molar-refractivity contribution in [2.45, 2.75) is 38.1 Å². The van der Waals surface area contributed by atoms with Gasteiger partial charge in [-0.25, -0.2) is 0 Å². The molecule has 0 atom stereocenters. The van der Waals surface area contributed by atoms with Crippen molar-refractivity contribution in [3.05, 3.63) is 71.3 Å². The van der Waals surface area contributed by atoms with E-state index in [0.717, 1.165) is 18.9 Å². The van der Waals surface area contributed by atoms with Crippen LogP contribution in [-0.2, 0) is 6.42 Å². The summed E-state index contributed by atoms with van der Waals surface area (Å²) in [5.74, 6) is 0.768. The third-order valence-corrected chi connectivity index (χ3v) is 4.38. The van der Waals surface area contributed by atoms with Gasteiger partial charge in [0, 0.05) is 6.04 Å². The van der Waals surface area contributed by atoms with Crippen LogP contribution in [0.2, 0.25) is 0 Å². The van der Waals surface area contributed by atoms with Gasteiger partial charge in [-0.3, -0.25) is 0 Å². The van der Waals surface area contributed by atoms with Crippen molar-refractivity contribution in [3.63, 3.8) is 0 Å². The molecule has 1 aliphatic carbocycles. The molecule has 0 saturated heterocycles. The van der Waals surface area contributed by atoms with Crippen LogP contribution in [0.15, 0.2) is 54.6 Å². The van der Waals surface area contributed by atoms with E-state index in [1.165, 1.54) is 29.5 Å². The maximum atomic E-state index is 3.68. The summed E-state index contributed by atoms with van der Waals surface area (Å²) in [7, 11) is 0. The van der Waals surface area contributed by atoms with Crippen LogP contribution in [0, 0.1) is 6.92 Å². The molecule has 0 bridgehead atoms. The molecule has 2 aromatic carbocycles. The highest BCUT2D eigenvalue weighted by molar-refractivity contribution is 5.26. The molecule has 1 saturated carbocycles. The lowest BCUT2D eigenvalue weighted by atomic mass is 9.75. The van der Waals surface area contributed by atoms with Gasteiger partial charge in [-0.05, 0) is 49.8 Å². The van der Waals surface area contributed by atoms with Crippen molar-refractivity contribution in [3.8, 4) is 0 Å². The molecule has 0 amide bonds. The Morgan fingerprint density at radius 1 is 0.950 bits per heavy atom. The van der Waals surface area contributed by atoms with E-state index in [1.54, 1.807) is 0 Å². The molecule has 20 heavy (non-hydrogen) atoms. The van der Waals surface area contributed by atoms with E-state index >= 15 is 0 Å². The van der Waals surface area contributed by atoms with Crippen LogP contribution >= 0.6 is 0 Å². The summed E-state index contributed by atoms with van der Waals surface area (Å²) in [6, 6.07) is 20.5. The van der Waals surface area contributed by atoms with Crippen LogP contribution in [-0.4, -0.2) is 12.6 Å². The maximum Gasteiger partial charge on any atom is 0.00788 e. The number of hydrogen-bond donors (Lipinski definition) is 1. The molecule has 1 heteroatoms. The van der Waals surface area contributed by atoms with E-state index in [9.17, 15) is 0 Å². The van der Waals surface area contributed by atoms with Gasteiger partial charge in [0.15, 0.2) is 0 Å². The van der Waals surface area contributed by atoms with Crippen molar-refractivity contribution in [2.75, 3.05) is 6.54 Å². The third-order valence-electron chi connectivity index (χ3n) is 4.38. The second-order valence-electron chi connectivity index (χ2n) is 5.97. The highest BCUT2D eigenvalue weighted by Crippen LogP contribution is 2.36. The number of rotatable bonds is 5. The van der Waals surface area contributed by atoms with Crippen LogP contribution in [0.5, 0.6) is 0 Å². The van der Waals surface area contributed by atoms with Gasteiger partial charge < -0.3 is 5.32 Å². The zero-order chi connectivity index (χ0) is 13.8. The van der Waals surface area contributed by atoms with Crippen LogP contribution in [0.3, 0.4) is 0 Å². The molecule has 0 heterocycles. The maximum absolute atomic E-state index is 3.68. The highest BCUT2D eigenvalue weighted by Gasteiger charge is 2.29. The van der Waals surface area contributed by atoms with Gasteiger partial charge in [0.25, 0.3) is 0 Å². The molecule has 2 aromatic rings. The molecular weight excluding hydrogens is 242 g/mol. The zero-order valence-electron chi connectivity index (χ0n) is 12.2. The highest BCUT2D eigenvalue weighted by atomic mass is 14.9. The first-order valence-corrected chi connectivity index (χ1v) is 7.65. The molecule has 0 aliphatic heterocycles. The Morgan fingerprint density at radius 2 is 1.65 bits per heavy atom. The van der Waals surface area contributed by atoms with E-state index in [4.69, 9.17) is 0 Å². The van der Waals surface area contributed by atoms with E-state index in [-0.39, 0.29) is 0 Å². The molecule has 0 unspecified atom stereocenters. The van der Waals surface area contributed by atoms with Crippen molar-refractivity contribution in [1.29, 1.82) is 0 Å². The van der Waals surface area contributed by atoms with Crippen LogP contribution in [0.25, 0.3) is 0 Å². The van der Waals surface area contributed by atoms with Gasteiger partial charge in [0.05, 0.1) is 0 Å². The smallest absolute Gasteiger partial charge is 0.00788 e. The summed E-state index contributed by atoms with van der Waals surface area (Å²) in [5.41, 5.74) is 4.29. The fraction of sp³-hybridized carbons (Fsp3) is 0.368. The summed E-state index contributed by atoms with van der Waals surface area (Å²) in [6.45, 7) is 3.24. The van der Waals surface area contributed by atoms with Crippen molar-refractivity contribution in [2.24, 2.45) is 0 Å². The Labute approximate surface area is 122 Å². The van der Waals surface area contributed by atoms with Crippen LogP contribution < -0.4 is 5.32 Å². The average molecular weight is 265 g/mol. The predicted octanol–water partition coefficient (Wildman–Crippen LogP) is 4.07. The Hall–Kier alpha value is -1.60. The number of nitrogens with one attached hydrogen (secondary N) is 1. The molecule has 1 fully saturated rings. The minimum Gasteiger partial charge on any atom is -0.314 e. The second kappa shape index (κ2) is 6.23. The monoisotopic (exact) mass is 265 g/mol. The molecule has 1 aliphatic rings. The Kier molecular flexibility index (Phi) is 4.17. The predicted molar refractivity (Wildman–Crippen MR) is 85.1 cm³/mol. The van der Waals surface area contributed by atoms with E-state index in [1.807, 2.05) is 0 Å². The molecule has 3 rings (SSSR count). The largest absolute Gasteiger partial charge is 0.314 e. The van der Waals surface area contributed by atoms with Crippen molar-refractivity contribution >= 4 is 0 Å². The van der Waals surface area contributed by atoms with Crippen molar-refractivity contribution < 1.29 is 0 Å². The molecule has 104 valence electrons. The van der Waals surface area contributed by atoms with Gasteiger partial charge >= 0.3 is 0 Å².